The van der Waals surface area contributed by atoms with Gasteiger partial charge < -0.3 is 14.4 Å². The van der Waals surface area contributed by atoms with Gasteiger partial charge in [0.1, 0.15) is 24.1 Å². The SMILES string of the molecule is N#Cc1ccc(COc2ccnc([C@@]34CCN(Cc5nc6ccc(C(=O)O)cc6n5Cc5cncs5)C[C@@H]3C4)n2)c(F)c1. The molecule has 43 heavy (non-hydrogen) atoms. The number of nitriles is 1. The normalized spacial score (nSPS) is 19.6. The fraction of sp³-hybridized carbons (Fsp3) is 0.290. The number of hydrogen-bond acceptors (Lipinski definition) is 9. The fourth-order valence-electron chi connectivity index (χ4n) is 6.04. The van der Waals surface area contributed by atoms with Crippen LogP contribution in [0, 0.1) is 23.1 Å². The minimum atomic E-state index is -0.965. The van der Waals surface area contributed by atoms with E-state index in [1.165, 1.54) is 6.07 Å². The van der Waals surface area contributed by atoms with Crippen LogP contribution in [0.1, 0.15) is 50.9 Å². The number of likely N-dealkylation sites (tertiary alicyclic amines) is 1. The van der Waals surface area contributed by atoms with E-state index in [0.717, 1.165) is 53.5 Å². The van der Waals surface area contributed by atoms with Crippen LogP contribution in [0.3, 0.4) is 0 Å². The summed E-state index contributed by atoms with van der Waals surface area (Å²) in [6.45, 7) is 2.94. The summed E-state index contributed by atoms with van der Waals surface area (Å²) >= 11 is 1.56. The summed E-state index contributed by atoms with van der Waals surface area (Å²) in [6, 6.07) is 13.0. The van der Waals surface area contributed by atoms with E-state index < -0.39 is 11.8 Å². The Morgan fingerprint density at radius 3 is 2.88 bits per heavy atom. The Kier molecular flexibility index (Phi) is 6.83. The van der Waals surface area contributed by atoms with Crippen LogP contribution in [-0.2, 0) is 25.1 Å². The highest BCUT2D eigenvalue weighted by atomic mass is 32.1. The number of carbonyl (C=O) groups is 1. The second-order valence-corrected chi connectivity index (χ2v) is 12.0. The Morgan fingerprint density at radius 1 is 1.21 bits per heavy atom. The highest BCUT2D eigenvalue weighted by Crippen LogP contribution is 2.58. The maximum absolute atomic E-state index is 14.3. The lowest BCUT2D eigenvalue weighted by Gasteiger charge is -2.30. The predicted molar refractivity (Wildman–Crippen MR) is 155 cm³/mol. The Morgan fingerprint density at radius 2 is 2.12 bits per heavy atom. The van der Waals surface area contributed by atoms with Crippen molar-refractivity contribution >= 4 is 28.3 Å². The Bertz CT molecular complexity index is 1890. The van der Waals surface area contributed by atoms with Crippen LogP contribution in [-0.4, -0.2) is 53.6 Å². The van der Waals surface area contributed by atoms with Gasteiger partial charge in [-0.25, -0.2) is 19.2 Å². The number of halogens is 1. The molecule has 1 saturated carbocycles. The van der Waals surface area contributed by atoms with Crippen molar-refractivity contribution in [3.63, 3.8) is 0 Å². The molecule has 2 atom stereocenters. The van der Waals surface area contributed by atoms with Crippen LogP contribution in [0.4, 0.5) is 4.39 Å². The quantitative estimate of drug-likeness (QED) is 0.256. The third kappa shape index (κ3) is 5.22. The predicted octanol–water partition coefficient (Wildman–Crippen LogP) is 4.78. The number of benzene rings is 2. The van der Waals surface area contributed by atoms with Crippen LogP contribution in [0.25, 0.3) is 11.0 Å². The van der Waals surface area contributed by atoms with Gasteiger partial charge in [0.2, 0.25) is 5.88 Å². The first-order valence-electron chi connectivity index (χ1n) is 13.9. The van der Waals surface area contributed by atoms with E-state index in [1.807, 2.05) is 12.3 Å². The van der Waals surface area contributed by atoms with E-state index in [2.05, 4.69) is 19.4 Å². The van der Waals surface area contributed by atoms with Gasteiger partial charge >= 0.3 is 5.97 Å². The Hall–Kier alpha value is -4.73. The van der Waals surface area contributed by atoms with Crippen LogP contribution in [0.5, 0.6) is 5.88 Å². The van der Waals surface area contributed by atoms with E-state index in [4.69, 9.17) is 20.0 Å². The molecule has 1 N–H and O–H groups in total. The number of rotatable bonds is 9. The third-order valence-electron chi connectivity index (χ3n) is 8.45. The second-order valence-electron chi connectivity index (χ2n) is 11.1. The molecule has 0 spiro atoms. The van der Waals surface area contributed by atoms with Crippen molar-refractivity contribution in [3.05, 3.63) is 99.4 Å². The molecule has 0 bridgehead atoms. The molecule has 1 saturated heterocycles. The minimum absolute atomic E-state index is 0.00863. The molecule has 5 aromatic rings. The van der Waals surface area contributed by atoms with Gasteiger partial charge in [-0.15, -0.1) is 11.3 Å². The van der Waals surface area contributed by atoms with Gasteiger partial charge in [-0.1, -0.05) is 6.07 Å². The number of hydrogen-bond donors (Lipinski definition) is 1. The first kappa shape index (κ1) is 27.1. The molecular weight excluding hydrogens is 569 g/mol. The summed E-state index contributed by atoms with van der Waals surface area (Å²) in [7, 11) is 0. The molecule has 10 nitrogen and oxygen atoms in total. The van der Waals surface area contributed by atoms with Crippen LogP contribution in [0.2, 0.25) is 0 Å². The van der Waals surface area contributed by atoms with Crippen molar-refractivity contribution in [3.8, 4) is 11.9 Å². The average molecular weight is 596 g/mol. The number of piperidine rings is 1. The molecule has 2 fully saturated rings. The standard InChI is InChI=1S/C31H26FN7O3S/c32-24-9-19(12-33)1-2-21(24)17-42-28-5-7-35-30(37-28)31-6-8-38(14-22(31)11-31)16-27-36-25-4-3-20(29(40)41)10-26(25)39(27)15-23-13-34-18-43-23/h1-5,7,9-10,13,18,22H,6,8,11,14-17H2,(H,40,41)/t22-,31+/m0/s1. The van der Waals surface area contributed by atoms with Gasteiger partial charge in [0, 0.05) is 40.9 Å². The summed E-state index contributed by atoms with van der Waals surface area (Å²) in [6.07, 6.45) is 5.40. The first-order valence-corrected chi connectivity index (χ1v) is 14.8. The van der Waals surface area contributed by atoms with E-state index >= 15 is 0 Å². The minimum Gasteiger partial charge on any atom is -0.478 e. The molecule has 216 valence electrons. The van der Waals surface area contributed by atoms with Gasteiger partial charge in [0.15, 0.2) is 0 Å². The van der Waals surface area contributed by atoms with Gasteiger partial charge in [-0.3, -0.25) is 9.88 Å². The van der Waals surface area contributed by atoms with Crippen LogP contribution >= 0.6 is 11.3 Å². The van der Waals surface area contributed by atoms with Crippen LogP contribution < -0.4 is 4.74 Å². The Labute approximate surface area is 250 Å². The lowest BCUT2D eigenvalue weighted by Crippen LogP contribution is -2.37. The molecule has 2 aromatic carbocycles. The lowest BCUT2D eigenvalue weighted by molar-refractivity contribution is 0.0697. The maximum atomic E-state index is 14.3. The molecule has 7 rings (SSSR count). The molecule has 4 heterocycles. The summed E-state index contributed by atoms with van der Waals surface area (Å²) in [5.74, 6) is 0.992. The van der Waals surface area contributed by atoms with E-state index in [9.17, 15) is 14.3 Å². The Balaban J connectivity index is 1.05. The number of fused-ring (bicyclic) bond motifs is 2. The number of ether oxygens (including phenoxy) is 1. The first-order chi connectivity index (χ1) is 20.9. The van der Waals surface area contributed by atoms with E-state index in [-0.39, 0.29) is 23.1 Å². The summed E-state index contributed by atoms with van der Waals surface area (Å²) < 4.78 is 22.2. The molecule has 2 aliphatic rings. The molecule has 0 radical (unpaired) electrons. The number of nitrogens with zero attached hydrogens (tertiary/aromatic N) is 7. The summed E-state index contributed by atoms with van der Waals surface area (Å²) in [5.41, 5.74) is 4.12. The highest BCUT2D eigenvalue weighted by molar-refractivity contribution is 7.09. The molecule has 12 heteroatoms. The van der Waals surface area contributed by atoms with Crippen molar-refractivity contribution in [2.75, 3.05) is 13.1 Å². The van der Waals surface area contributed by atoms with Crippen molar-refractivity contribution in [1.29, 1.82) is 5.26 Å². The van der Waals surface area contributed by atoms with Crippen molar-refractivity contribution in [2.24, 2.45) is 5.92 Å². The van der Waals surface area contributed by atoms with Crippen molar-refractivity contribution < 1.29 is 19.0 Å². The number of carboxylic acids is 1. The van der Waals surface area contributed by atoms with Gasteiger partial charge in [0.05, 0.1) is 46.8 Å². The number of thiazole rings is 1. The largest absolute Gasteiger partial charge is 0.478 e. The zero-order valence-corrected chi connectivity index (χ0v) is 23.8. The number of aromatic carboxylic acids is 1. The highest BCUT2D eigenvalue weighted by Gasteiger charge is 2.59. The number of imidazole rings is 1. The fourth-order valence-corrected chi connectivity index (χ4v) is 6.63. The monoisotopic (exact) mass is 595 g/mol. The average Bonchev–Trinajstić information content (AvgIpc) is 3.33. The lowest BCUT2D eigenvalue weighted by atomic mass is 9.94. The zero-order valence-electron chi connectivity index (χ0n) is 23.0. The molecule has 1 aliphatic carbocycles. The van der Waals surface area contributed by atoms with Gasteiger partial charge in [0.25, 0.3) is 0 Å². The number of carboxylic acid groups (broad SMARTS) is 1. The van der Waals surface area contributed by atoms with E-state index in [1.54, 1.807) is 59.4 Å². The van der Waals surface area contributed by atoms with Gasteiger partial charge in [-0.05, 0) is 55.6 Å². The number of aromatic nitrogens is 5. The molecule has 3 aromatic heterocycles. The molecular formula is C31H26FN7O3S. The maximum Gasteiger partial charge on any atom is 0.335 e. The molecule has 1 aliphatic heterocycles. The van der Waals surface area contributed by atoms with Gasteiger partial charge in [-0.2, -0.15) is 10.2 Å². The topological polar surface area (TPSA) is 130 Å². The molecule has 0 unspecified atom stereocenters. The van der Waals surface area contributed by atoms with Crippen LogP contribution in [0.15, 0.2) is 60.4 Å². The molecule has 0 amide bonds. The zero-order chi connectivity index (χ0) is 29.6. The van der Waals surface area contributed by atoms with Crippen molar-refractivity contribution in [1.82, 2.24) is 29.4 Å². The summed E-state index contributed by atoms with van der Waals surface area (Å²) in [5, 5.41) is 18.5. The second kappa shape index (κ2) is 10.8. The van der Waals surface area contributed by atoms with E-state index in [0.29, 0.717) is 30.5 Å². The summed E-state index contributed by atoms with van der Waals surface area (Å²) in [4.78, 5) is 33.5. The smallest absolute Gasteiger partial charge is 0.335 e. The van der Waals surface area contributed by atoms with Crippen molar-refractivity contribution in [2.45, 2.75) is 38.0 Å². The third-order valence-corrected chi connectivity index (χ3v) is 9.22.